The number of nitrogens with zero attached hydrogens (tertiary/aromatic N) is 1. The molecule has 2 aromatic rings. The van der Waals surface area contributed by atoms with Gasteiger partial charge in [-0.1, -0.05) is 30.3 Å². The number of hydrogen-bond donors (Lipinski definition) is 1. The first-order valence-corrected chi connectivity index (χ1v) is 8.02. The lowest BCUT2D eigenvalue weighted by Gasteiger charge is -2.13. The number of rotatable bonds is 4. The van der Waals surface area contributed by atoms with Gasteiger partial charge in [-0.15, -0.1) is 0 Å². The van der Waals surface area contributed by atoms with E-state index in [1.54, 1.807) is 6.07 Å². The Balaban J connectivity index is 2.14. The van der Waals surface area contributed by atoms with E-state index in [2.05, 4.69) is 37.2 Å². The van der Waals surface area contributed by atoms with E-state index < -0.39 is 5.91 Å². The van der Waals surface area contributed by atoms with Crippen molar-refractivity contribution in [3.05, 3.63) is 62.4 Å². The molecule has 0 unspecified atom stereocenters. The average Bonchev–Trinajstić information content (AvgIpc) is 2.83. The van der Waals surface area contributed by atoms with Crippen molar-refractivity contribution < 1.29 is 9.21 Å². The lowest BCUT2D eigenvalue weighted by Crippen LogP contribution is -2.27. The molecular formula is C16H12Br2N2O2. The molecule has 1 amide bonds. The Morgan fingerprint density at radius 1 is 1.36 bits per heavy atom. The largest absolute Gasteiger partial charge is 0.449 e. The highest BCUT2D eigenvalue weighted by Crippen LogP contribution is 2.28. The molecule has 1 heterocycles. The molecule has 22 heavy (non-hydrogen) atoms. The smallest absolute Gasteiger partial charge is 0.262 e. The normalized spacial score (nSPS) is 12.5. The quantitative estimate of drug-likeness (QED) is 0.577. The molecule has 0 aliphatic rings. The molecule has 1 aromatic carbocycles. The molecule has 0 radical (unpaired) electrons. The Morgan fingerprint density at radius 3 is 2.59 bits per heavy atom. The number of nitrogens with one attached hydrogen (secondary N) is 1. The molecule has 0 bridgehead atoms. The summed E-state index contributed by atoms with van der Waals surface area (Å²) in [5, 5.41) is 12.0. The number of amides is 1. The van der Waals surface area contributed by atoms with Crippen LogP contribution in [-0.2, 0) is 4.79 Å². The number of carbonyl (C=O) groups excluding carboxylic acids is 1. The number of benzene rings is 1. The molecule has 0 aliphatic carbocycles. The maximum absolute atomic E-state index is 12.2. The van der Waals surface area contributed by atoms with Crippen LogP contribution in [0.1, 0.15) is 24.3 Å². The molecule has 1 atom stereocenters. The first-order valence-electron chi connectivity index (χ1n) is 6.43. The summed E-state index contributed by atoms with van der Waals surface area (Å²) in [6.07, 6.45) is 1.41. The fourth-order valence-corrected chi connectivity index (χ4v) is 2.43. The van der Waals surface area contributed by atoms with E-state index in [1.165, 1.54) is 6.08 Å². The van der Waals surface area contributed by atoms with Crippen molar-refractivity contribution in [1.29, 1.82) is 5.26 Å². The third-order valence-electron chi connectivity index (χ3n) is 2.96. The molecule has 6 heteroatoms. The molecule has 2 rings (SSSR count). The van der Waals surface area contributed by atoms with Crippen LogP contribution < -0.4 is 5.32 Å². The van der Waals surface area contributed by atoms with Gasteiger partial charge in [-0.05, 0) is 50.4 Å². The fourth-order valence-electron chi connectivity index (χ4n) is 1.82. The Hall–Kier alpha value is -1.84. The third kappa shape index (κ3) is 4.09. The van der Waals surface area contributed by atoms with Crippen LogP contribution in [0, 0.1) is 11.3 Å². The van der Waals surface area contributed by atoms with Crippen LogP contribution in [0.25, 0.3) is 6.08 Å². The molecule has 0 saturated heterocycles. The fraction of sp³-hybridized carbons (Fsp3) is 0.125. The molecule has 4 nitrogen and oxygen atoms in total. The van der Waals surface area contributed by atoms with Gasteiger partial charge in [0.2, 0.25) is 0 Å². The monoisotopic (exact) mass is 422 g/mol. The second-order valence-electron chi connectivity index (χ2n) is 4.55. The van der Waals surface area contributed by atoms with Gasteiger partial charge in [0, 0.05) is 6.08 Å². The van der Waals surface area contributed by atoms with Gasteiger partial charge >= 0.3 is 0 Å². The highest BCUT2D eigenvalue weighted by Gasteiger charge is 2.15. The van der Waals surface area contributed by atoms with E-state index in [0.717, 1.165) is 5.56 Å². The summed E-state index contributed by atoms with van der Waals surface area (Å²) in [6, 6.07) is 12.9. The van der Waals surface area contributed by atoms with Gasteiger partial charge in [0.25, 0.3) is 5.91 Å². The zero-order valence-electron chi connectivity index (χ0n) is 11.6. The first-order chi connectivity index (χ1) is 10.5. The van der Waals surface area contributed by atoms with Crippen molar-refractivity contribution in [2.45, 2.75) is 13.0 Å². The highest BCUT2D eigenvalue weighted by molar-refractivity contribution is 9.13. The number of carbonyl (C=O) groups is 1. The predicted octanol–water partition coefficient (Wildman–Crippen LogP) is 4.59. The highest BCUT2D eigenvalue weighted by atomic mass is 79.9. The van der Waals surface area contributed by atoms with E-state index in [4.69, 9.17) is 4.42 Å². The summed E-state index contributed by atoms with van der Waals surface area (Å²) in [5.41, 5.74) is 0.952. The summed E-state index contributed by atoms with van der Waals surface area (Å²) in [7, 11) is 0. The Labute approximate surface area is 145 Å². The minimum absolute atomic E-state index is 0.0171. The number of halogens is 2. The second-order valence-corrected chi connectivity index (χ2v) is 6.12. The minimum atomic E-state index is -0.442. The van der Waals surface area contributed by atoms with Crippen LogP contribution in [-0.4, -0.2) is 5.91 Å². The first kappa shape index (κ1) is 16.5. The van der Waals surface area contributed by atoms with E-state index in [9.17, 15) is 10.1 Å². The van der Waals surface area contributed by atoms with Gasteiger partial charge < -0.3 is 9.73 Å². The predicted molar refractivity (Wildman–Crippen MR) is 90.7 cm³/mol. The average molecular weight is 424 g/mol. The lowest BCUT2D eigenvalue weighted by molar-refractivity contribution is -0.117. The molecule has 1 N–H and O–H groups in total. The van der Waals surface area contributed by atoms with E-state index in [0.29, 0.717) is 14.9 Å². The third-order valence-corrected chi connectivity index (χ3v) is 4.67. The van der Waals surface area contributed by atoms with E-state index in [-0.39, 0.29) is 11.6 Å². The molecule has 0 saturated carbocycles. The van der Waals surface area contributed by atoms with Gasteiger partial charge in [0.1, 0.15) is 17.4 Å². The summed E-state index contributed by atoms with van der Waals surface area (Å²) < 4.78 is 6.57. The maximum Gasteiger partial charge on any atom is 0.262 e. The topological polar surface area (TPSA) is 66.0 Å². The van der Waals surface area contributed by atoms with Crippen molar-refractivity contribution in [1.82, 2.24) is 5.32 Å². The Bertz CT molecular complexity index is 726. The number of nitriles is 1. The summed E-state index contributed by atoms with van der Waals surface area (Å²) in [4.78, 5) is 12.2. The minimum Gasteiger partial charge on any atom is -0.449 e. The molecular weight excluding hydrogens is 412 g/mol. The van der Waals surface area contributed by atoms with E-state index >= 15 is 0 Å². The van der Waals surface area contributed by atoms with Gasteiger partial charge in [-0.25, -0.2) is 0 Å². The summed E-state index contributed by atoms with van der Waals surface area (Å²) in [6.45, 7) is 1.86. The van der Waals surface area contributed by atoms with Gasteiger partial charge in [-0.3, -0.25) is 4.79 Å². The van der Waals surface area contributed by atoms with Crippen molar-refractivity contribution in [2.24, 2.45) is 0 Å². The molecule has 0 fully saturated rings. The lowest BCUT2D eigenvalue weighted by atomic mass is 10.1. The van der Waals surface area contributed by atoms with Crippen LogP contribution in [0.5, 0.6) is 0 Å². The second kappa shape index (κ2) is 7.43. The van der Waals surface area contributed by atoms with E-state index in [1.807, 2.05) is 43.3 Å². The zero-order valence-corrected chi connectivity index (χ0v) is 14.8. The van der Waals surface area contributed by atoms with Crippen molar-refractivity contribution in [3.63, 3.8) is 0 Å². The Morgan fingerprint density at radius 2 is 2.05 bits per heavy atom. The van der Waals surface area contributed by atoms with Crippen LogP contribution in [0.2, 0.25) is 0 Å². The van der Waals surface area contributed by atoms with Gasteiger partial charge in [0.15, 0.2) is 4.67 Å². The standard InChI is InChI=1S/C16H12Br2N2O2/c1-10(11-5-3-2-4-6-11)20-16(21)12(9-19)7-13-8-14(17)15(18)22-13/h2-8,10H,1H3,(H,20,21)/b12-7-/t10-/m1/s1. The summed E-state index contributed by atoms with van der Waals surface area (Å²) in [5.74, 6) is -0.0275. The van der Waals surface area contributed by atoms with Crippen LogP contribution in [0.3, 0.4) is 0 Å². The molecule has 0 spiro atoms. The van der Waals surface area contributed by atoms with Gasteiger partial charge in [-0.2, -0.15) is 5.26 Å². The van der Waals surface area contributed by atoms with Crippen LogP contribution in [0.4, 0.5) is 0 Å². The molecule has 112 valence electrons. The molecule has 0 aliphatic heterocycles. The SMILES string of the molecule is C[C@@H](NC(=O)/C(C#N)=C\c1cc(Br)c(Br)o1)c1ccccc1. The maximum atomic E-state index is 12.2. The van der Waals surface area contributed by atoms with Crippen LogP contribution in [0.15, 0.2) is 55.5 Å². The zero-order chi connectivity index (χ0) is 16.1. The van der Waals surface area contributed by atoms with Crippen molar-refractivity contribution >= 4 is 43.8 Å². The number of hydrogen-bond acceptors (Lipinski definition) is 3. The van der Waals surface area contributed by atoms with Gasteiger partial charge in [0.05, 0.1) is 10.5 Å². The van der Waals surface area contributed by atoms with Crippen molar-refractivity contribution in [3.8, 4) is 6.07 Å². The summed E-state index contributed by atoms with van der Waals surface area (Å²) >= 11 is 6.49. The number of furan rings is 1. The van der Waals surface area contributed by atoms with Crippen LogP contribution >= 0.6 is 31.9 Å². The molecule has 1 aromatic heterocycles. The Kier molecular flexibility index (Phi) is 5.58. The van der Waals surface area contributed by atoms with Crippen molar-refractivity contribution in [2.75, 3.05) is 0 Å².